The number of nitrogens with zero attached hydrogens (tertiary/aromatic N) is 2. The Morgan fingerprint density at radius 2 is 2.04 bits per heavy atom. The summed E-state index contributed by atoms with van der Waals surface area (Å²) in [5.74, 6) is 2.08. The first-order valence-electron chi connectivity index (χ1n) is 9.48. The first-order valence-corrected chi connectivity index (χ1v) is 9.48. The number of para-hydroxylation sites is 2. The zero-order valence-corrected chi connectivity index (χ0v) is 14.8. The summed E-state index contributed by atoms with van der Waals surface area (Å²) in [6, 6.07) is 8.38. The fourth-order valence-electron chi connectivity index (χ4n) is 3.79. The Hall–Kier alpha value is -1.84. The van der Waals surface area contributed by atoms with Crippen LogP contribution in [0.3, 0.4) is 0 Å². The molecule has 0 saturated heterocycles. The Bertz CT molecular complexity index is 671. The number of hydrogen-bond acceptors (Lipinski definition) is 2. The van der Waals surface area contributed by atoms with Gasteiger partial charge in [-0.1, -0.05) is 51.2 Å². The van der Waals surface area contributed by atoms with E-state index in [1.807, 2.05) is 13.0 Å². The van der Waals surface area contributed by atoms with E-state index >= 15 is 0 Å². The van der Waals surface area contributed by atoms with Gasteiger partial charge in [-0.3, -0.25) is 4.79 Å². The molecule has 1 heterocycles. The highest BCUT2D eigenvalue weighted by Crippen LogP contribution is 2.27. The minimum Gasteiger partial charge on any atom is -0.356 e. The number of rotatable bonds is 7. The molecule has 0 atom stereocenters. The van der Waals surface area contributed by atoms with Gasteiger partial charge < -0.3 is 9.88 Å². The van der Waals surface area contributed by atoms with Gasteiger partial charge >= 0.3 is 0 Å². The van der Waals surface area contributed by atoms with Gasteiger partial charge in [-0.05, 0) is 24.5 Å². The first-order chi connectivity index (χ1) is 11.8. The van der Waals surface area contributed by atoms with E-state index < -0.39 is 0 Å². The number of amides is 1. The van der Waals surface area contributed by atoms with Gasteiger partial charge in [-0.2, -0.15) is 0 Å². The lowest BCUT2D eigenvalue weighted by atomic mass is 9.87. The number of imidazole rings is 1. The monoisotopic (exact) mass is 327 g/mol. The van der Waals surface area contributed by atoms with Gasteiger partial charge in [-0.15, -0.1) is 0 Å². The minimum atomic E-state index is 0.111. The van der Waals surface area contributed by atoms with Crippen LogP contribution in [0.2, 0.25) is 0 Å². The van der Waals surface area contributed by atoms with Crippen molar-refractivity contribution in [2.45, 2.75) is 64.8 Å². The average Bonchev–Trinajstić information content (AvgIpc) is 2.98. The van der Waals surface area contributed by atoms with E-state index in [1.165, 1.54) is 44.0 Å². The van der Waals surface area contributed by atoms with Crippen LogP contribution in [0.25, 0.3) is 11.0 Å². The first kappa shape index (κ1) is 17.0. The predicted molar refractivity (Wildman–Crippen MR) is 97.9 cm³/mol. The molecule has 1 saturated carbocycles. The highest BCUT2D eigenvalue weighted by molar-refractivity contribution is 5.76. The fourth-order valence-corrected chi connectivity index (χ4v) is 3.79. The number of benzene rings is 1. The van der Waals surface area contributed by atoms with Crippen molar-refractivity contribution in [2.24, 2.45) is 5.92 Å². The van der Waals surface area contributed by atoms with Gasteiger partial charge in [-0.25, -0.2) is 4.98 Å². The molecule has 1 aromatic carbocycles. The summed E-state index contributed by atoms with van der Waals surface area (Å²) in [4.78, 5) is 16.3. The second-order valence-corrected chi connectivity index (χ2v) is 6.91. The van der Waals surface area contributed by atoms with Crippen molar-refractivity contribution < 1.29 is 4.79 Å². The smallest absolute Gasteiger partial charge is 0.219 e. The predicted octanol–water partition coefficient (Wildman–Crippen LogP) is 4.08. The summed E-state index contributed by atoms with van der Waals surface area (Å²) in [6.07, 6.45) is 9.55. The Morgan fingerprint density at radius 1 is 1.25 bits per heavy atom. The van der Waals surface area contributed by atoms with Gasteiger partial charge in [0.1, 0.15) is 5.82 Å². The highest BCUT2D eigenvalue weighted by Gasteiger charge is 2.16. The van der Waals surface area contributed by atoms with E-state index in [1.54, 1.807) is 0 Å². The maximum Gasteiger partial charge on any atom is 0.219 e. The van der Waals surface area contributed by atoms with Crippen molar-refractivity contribution in [3.8, 4) is 0 Å². The molecule has 0 aliphatic heterocycles. The standard InChI is InChI=1S/C20H29N3O/c1-2-20(24)21-14-12-19-22-17-10-6-7-11-18(17)23(19)15-13-16-8-4-3-5-9-16/h6-7,10-11,16H,2-5,8-9,12-15H2,1H3,(H,21,24). The average molecular weight is 327 g/mol. The van der Waals surface area contributed by atoms with Crippen molar-refractivity contribution in [1.29, 1.82) is 0 Å². The molecule has 0 bridgehead atoms. The summed E-state index contributed by atoms with van der Waals surface area (Å²) < 4.78 is 2.38. The van der Waals surface area contributed by atoms with Gasteiger partial charge in [0.25, 0.3) is 0 Å². The molecule has 4 heteroatoms. The van der Waals surface area contributed by atoms with Crippen LogP contribution >= 0.6 is 0 Å². The molecule has 1 fully saturated rings. The Kier molecular flexibility index (Phi) is 5.89. The number of carbonyl (C=O) groups excluding carboxylic acids is 1. The molecular weight excluding hydrogens is 298 g/mol. The van der Waals surface area contributed by atoms with Crippen LogP contribution in [-0.2, 0) is 17.8 Å². The van der Waals surface area contributed by atoms with Crippen molar-refractivity contribution in [2.75, 3.05) is 6.54 Å². The molecule has 4 nitrogen and oxygen atoms in total. The highest BCUT2D eigenvalue weighted by atomic mass is 16.1. The summed E-state index contributed by atoms with van der Waals surface area (Å²) in [6.45, 7) is 3.59. The Balaban J connectivity index is 1.70. The van der Waals surface area contributed by atoms with Crippen molar-refractivity contribution in [3.05, 3.63) is 30.1 Å². The summed E-state index contributed by atoms with van der Waals surface area (Å²) >= 11 is 0. The van der Waals surface area contributed by atoms with Crippen LogP contribution in [0.5, 0.6) is 0 Å². The number of aromatic nitrogens is 2. The van der Waals surface area contributed by atoms with Crippen LogP contribution in [0.4, 0.5) is 0 Å². The fraction of sp³-hybridized carbons (Fsp3) is 0.600. The molecule has 1 aliphatic carbocycles. The molecule has 1 N–H and O–H groups in total. The maximum atomic E-state index is 11.5. The minimum absolute atomic E-state index is 0.111. The molecule has 2 aromatic rings. The third-order valence-corrected chi connectivity index (χ3v) is 5.21. The molecule has 1 aliphatic rings. The lowest BCUT2D eigenvalue weighted by molar-refractivity contribution is -0.120. The van der Waals surface area contributed by atoms with E-state index in [0.29, 0.717) is 13.0 Å². The largest absolute Gasteiger partial charge is 0.356 e. The van der Waals surface area contributed by atoms with Crippen LogP contribution in [-0.4, -0.2) is 22.0 Å². The van der Waals surface area contributed by atoms with Crippen LogP contribution in [0.1, 0.15) is 57.7 Å². The molecule has 0 radical (unpaired) electrons. The molecular formula is C20H29N3O. The summed E-state index contributed by atoms with van der Waals surface area (Å²) in [7, 11) is 0. The zero-order valence-electron chi connectivity index (χ0n) is 14.8. The maximum absolute atomic E-state index is 11.5. The Labute approximate surface area is 144 Å². The van der Waals surface area contributed by atoms with Gasteiger partial charge in [0, 0.05) is 25.9 Å². The normalized spacial score (nSPS) is 15.7. The van der Waals surface area contributed by atoms with E-state index in [9.17, 15) is 4.79 Å². The number of aryl methyl sites for hydroxylation is 1. The molecule has 0 unspecified atom stereocenters. The summed E-state index contributed by atoms with van der Waals surface area (Å²) in [5, 5.41) is 2.97. The van der Waals surface area contributed by atoms with E-state index in [0.717, 1.165) is 30.2 Å². The van der Waals surface area contributed by atoms with Gasteiger partial charge in [0.2, 0.25) is 5.91 Å². The Morgan fingerprint density at radius 3 is 2.83 bits per heavy atom. The van der Waals surface area contributed by atoms with E-state index in [-0.39, 0.29) is 5.91 Å². The molecule has 3 rings (SSSR count). The van der Waals surface area contributed by atoms with Gasteiger partial charge in [0.15, 0.2) is 0 Å². The number of fused-ring (bicyclic) bond motifs is 1. The van der Waals surface area contributed by atoms with Crippen molar-refractivity contribution in [1.82, 2.24) is 14.9 Å². The lowest BCUT2D eigenvalue weighted by Crippen LogP contribution is -2.25. The number of carbonyl (C=O) groups is 1. The molecule has 24 heavy (non-hydrogen) atoms. The van der Waals surface area contributed by atoms with Gasteiger partial charge in [0.05, 0.1) is 11.0 Å². The van der Waals surface area contributed by atoms with Crippen molar-refractivity contribution in [3.63, 3.8) is 0 Å². The quantitative estimate of drug-likeness (QED) is 0.833. The third-order valence-electron chi connectivity index (χ3n) is 5.21. The SMILES string of the molecule is CCC(=O)NCCc1nc2ccccc2n1CCC1CCCCC1. The molecule has 1 amide bonds. The zero-order chi connectivity index (χ0) is 16.8. The topological polar surface area (TPSA) is 46.9 Å². The van der Waals surface area contributed by atoms with E-state index in [2.05, 4.69) is 28.1 Å². The molecule has 1 aromatic heterocycles. The second kappa shape index (κ2) is 8.32. The van der Waals surface area contributed by atoms with Crippen LogP contribution in [0, 0.1) is 5.92 Å². The number of hydrogen-bond donors (Lipinski definition) is 1. The van der Waals surface area contributed by atoms with E-state index in [4.69, 9.17) is 4.98 Å². The second-order valence-electron chi connectivity index (χ2n) is 6.91. The number of nitrogens with one attached hydrogen (secondary N) is 1. The van der Waals surface area contributed by atoms with Crippen LogP contribution in [0.15, 0.2) is 24.3 Å². The summed E-state index contributed by atoms with van der Waals surface area (Å²) in [5.41, 5.74) is 2.29. The molecule has 0 spiro atoms. The van der Waals surface area contributed by atoms with Crippen LogP contribution < -0.4 is 5.32 Å². The lowest BCUT2D eigenvalue weighted by Gasteiger charge is -2.22. The third kappa shape index (κ3) is 4.16. The molecule has 130 valence electrons. The van der Waals surface area contributed by atoms with Crippen molar-refractivity contribution >= 4 is 16.9 Å².